The third-order valence-corrected chi connectivity index (χ3v) is 6.30. The predicted molar refractivity (Wildman–Crippen MR) is 115 cm³/mol. The molecule has 3 N–H and O–H groups in total. The van der Waals surface area contributed by atoms with Gasteiger partial charge in [0, 0.05) is 44.5 Å². The van der Waals surface area contributed by atoms with Crippen LogP contribution in [0.15, 0.2) is 42.6 Å². The molecule has 6 nitrogen and oxygen atoms in total. The van der Waals surface area contributed by atoms with Gasteiger partial charge in [-0.05, 0) is 41.7 Å². The minimum atomic E-state index is -0.838. The quantitative estimate of drug-likeness (QED) is 0.821. The van der Waals surface area contributed by atoms with Gasteiger partial charge < -0.3 is 10.8 Å². The highest BCUT2D eigenvalue weighted by Gasteiger charge is 2.48. The fourth-order valence-corrected chi connectivity index (χ4v) is 4.02. The predicted octanol–water partition coefficient (Wildman–Crippen LogP) is 3.81. The number of carboxylic acid groups (broad SMARTS) is 1. The zero-order chi connectivity index (χ0) is 21.2. The lowest BCUT2D eigenvalue weighted by molar-refractivity contribution is -0.0461. The fraction of sp³-hybridized carbons (Fsp3) is 0.478. The molecule has 0 radical (unpaired) electrons. The summed E-state index contributed by atoms with van der Waals surface area (Å²) in [6, 6.07) is 12.4. The molecular formula is C23H32N4O2. The number of hydrogen-bond acceptors (Lipinski definition) is 4. The van der Waals surface area contributed by atoms with Crippen LogP contribution in [0.4, 0.5) is 4.79 Å². The SMILES string of the molecule is CC(C)(C)[C@@]1(C)CN(Cc2cccc(-c3cc(CN)ccn3)c2)CCN1C(=O)O. The second-order valence-electron chi connectivity index (χ2n) is 9.12. The number of pyridine rings is 1. The van der Waals surface area contributed by atoms with E-state index in [2.05, 4.69) is 61.8 Å². The second-order valence-corrected chi connectivity index (χ2v) is 9.12. The van der Waals surface area contributed by atoms with Gasteiger partial charge in [-0.1, -0.05) is 39.0 Å². The topological polar surface area (TPSA) is 82.7 Å². The largest absolute Gasteiger partial charge is 0.465 e. The smallest absolute Gasteiger partial charge is 0.407 e. The number of rotatable bonds is 4. The van der Waals surface area contributed by atoms with E-state index in [1.54, 1.807) is 11.1 Å². The van der Waals surface area contributed by atoms with Crippen molar-refractivity contribution in [1.29, 1.82) is 0 Å². The van der Waals surface area contributed by atoms with Gasteiger partial charge in [-0.25, -0.2) is 4.79 Å². The molecule has 0 unspecified atom stereocenters. The molecule has 2 heterocycles. The average Bonchev–Trinajstić information content (AvgIpc) is 2.67. The zero-order valence-corrected chi connectivity index (χ0v) is 17.9. The Balaban J connectivity index is 1.81. The number of amides is 1. The summed E-state index contributed by atoms with van der Waals surface area (Å²) in [4.78, 5) is 20.3. The molecule has 6 heteroatoms. The maximum Gasteiger partial charge on any atom is 0.407 e. The lowest BCUT2D eigenvalue weighted by atomic mass is 9.72. The van der Waals surface area contributed by atoms with Gasteiger partial charge in [0.25, 0.3) is 0 Å². The highest BCUT2D eigenvalue weighted by atomic mass is 16.4. The molecule has 29 heavy (non-hydrogen) atoms. The standard InChI is InChI=1S/C23H32N4O2/c1-22(2,3)23(4)16-26(10-11-27(23)21(28)29)15-18-6-5-7-19(12-18)20-13-17(14-24)8-9-25-20/h5-9,12-13H,10-11,14-16,24H2,1-4H3,(H,28,29)/t23-/m1/s1. The minimum Gasteiger partial charge on any atom is -0.465 e. The zero-order valence-electron chi connectivity index (χ0n) is 17.9. The van der Waals surface area contributed by atoms with Crippen LogP contribution < -0.4 is 5.73 Å². The molecule has 1 saturated heterocycles. The Labute approximate surface area is 173 Å². The number of benzene rings is 1. The first-order valence-corrected chi connectivity index (χ1v) is 10.1. The highest BCUT2D eigenvalue weighted by Crippen LogP contribution is 2.38. The van der Waals surface area contributed by atoms with Gasteiger partial charge in [-0.2, -0.15) is 0 Å². The molecule has 1 aromatic carbocycles. The van der Waals surface area contributed by atoms with Crippen molar-refractivity contribution in [3.8, 4) is 11.3 Å². The van der Waals surface area contributed by atoms with Crippen molar-refractivity contribution >= 4 is 6.09 Å². The van der Waals surface area contributed by atoms with Crippen LogP contribution in [-0.4, -0.2) is 51.2 Å². The fourth-order valence-electron chi connectivity index (χ4n) is 4.02. The molecule has 1 aromatic heterocycles. The van der Waals surface area contributed by atoms with Crippen molar-refractivity contribution in [2.75, 3.05) is 19.6 Å². The Morgan fingerprint density at radius 1 is 1.21 bits per heavy atom. The van der Waals surface area contributed by atoms with Crippen molar-refractivity contribution < 1.29 is 9.90 Å². The van der Waals surface area contributed by atoms with Gasteiger partial charge in [0.15, 0.2) is 0 Å². The van der Waals surface area contributed by atoms with Crippen LogP contribution in [0.3, 0.4) is 0 Å². The Hall–Kier alpha value is -2.44. The van der Waals surface area contributed by atoms with Crippen molar-refractivity contribution in [3.63, 3.8) is 0 Å². The Kier molecular flexibility index (Phi) is 5.96. The number of nitrogens with zero attached hydrogens (tertiary/aromatic N) is 3. The third kappa shape index (κ3) is 4.43. The van der Waals surface area contributed by atoms with E-state index >= 15 is 0 Å². The summed E-state index contributed by atoms with van der Waals surface area (Å²) in [7, 11) is 0. The lowest BCUT2D eigenvalue weighted by Crippen LogP contribution is -2.67. The van der Waals surface area contributed by atoms with Gasteiger partial charge in [0.2, 0.25) is 0 Å². The maximum absolute atomic E-state index is 11.8. The summed E-state index contributed by atoms with van der Waals surface area (Å²) >= 11 is 0. The molecule has 1 aliphatic heterocycles. The van der Waals surface area contributed by atoms with Crippen molar-refractivity contribution in [3.05, 3.63) is 53.7 Å². The summed E-state index contributed by atoms with van der Waals surface area (Å²) in [5.41, 5.74) is 9.39. The summed E-state index contributed by atoms with van der Waals surface area (Å²) in [6.07, 6.45) is 0.958. The normalized spacial score (nSPS) is 20.7. The lowest BCUT2D eigenvalue weighted by Gasteiger charge is -2.54. The van der Waals surface area contributed by atoms with Crippen LogP contribution in [0.2, 0.25) is 0 Å². The highest BCUT2D eigenvalue weighted by molar-refractivity contribution is 5.66. The van der Waals surface area contributed by atoms with E-state index in [0.717, 1.165) is 29.9 Å². The van der Waals surface area contributed by atoms with Crippen LogP contribution >= 0.6 is 0 Å². The number of carbonyl (C=O) groups is 1. The molecule has 1 aliphatic rings. The number of hydrogen-bond donors (Lipinski definition) is 2. The van der Waals surface area contributed by atoms with Crippen LogP contribution in [0.5, 0.6) is 0 Å². The number of aromatic nitrogens is 1. The van der Waals surface area contributed by atoms with E-state index in [4.69, 9.17) is 5.73 Å². The van der Waals surface area contributed by atoms with Crippen LogP contribution in [0.25, 0.3) is 11.3 Å². The van der Waals surface area contributed by atoms with E-state index < -0.39 is 11.6 Å². The summed E-state index contributed by atoms with van der Waals surface area (Å²) in [5.74, 6) is 0. The van der Waals surface area contributed by atoms with E-state index in [1.807, 2.05) is 12.1 Å². The summed E-state index contributed by atoms with van der Waals surface area (Å²) < 4.78 is 0. The monoisotopic (exact) mass is 396 g/mol. The molecule has 156 valence electrons. The third-order valence-electron chi connectivity index (χ3n) is 6.30. The van der Waals surface area contributed by atoms with Crippen molar-refractivity contribution in [2.45, 2.75) is 46.3 Å². The van der Waals surface area contributed by atoms with E-state index in [1.165, 1.54) is 5.56 Å². The van der Waals surface area contributed by atoms with Gasteiger partial charge in [-0.15, -0.1) is 0 Å². The van der Waals surface area contributed by atoms with Crippen LogP contribution in [0, 0.1) is 5.41 Å². The summed E-state index contributed by atoms with van der Waals surface area (Å²) in [6.45, 7) is 11.6. The molecule has 0 saturated carbocycles. The van der Waals surface area contributed by atoms with Crippen molar-refractivity contribution in [1.82, 2.24) is 14.8 Å². The van der Waals surface area contributed by atoms with Crippen molar-refractivity contribution in [2.24, 2.45) is 11.1 Å². The molecule has 0 spiro atoms. The van der Waals surface area contributed by atoms with E-state index in [0.29, 0.717) is 19.6 Å². The van der Waals surface area contributed by atoms with Gasteiger partial charge in [-0.3, -0.25) is 14.8 Å². The van der Waals surface area contributed by atoms with Gasteiger partial charge in [0.1, 0.15) is 0 Å². The van der Waals surface area contributed by atoms with E-state index in [-0.39, 0.29) is 5.41 Å². The van der Waals surface area contributed by atoms with E-state index in [9.17, 15) is 9.90 Å². The molecule has 1 fully saturated rings. The Morgan fingerprint density at radius 2 is 1.97 bits per heavy atom. The maximum atomic E-state index is 11.8. The molecule has 0 bridgehead atoms. The van der Waals surface area contributed by atoms with Crippen LogP contribution in [0.1, 0.15) is 38.8 Å². The molecule has 3 rings (SSSR count). The Morgan fingerprint density at radius 3 is 2.62 bits per heavy atom. The first-order valence-electron chi connectivity index (χ1n) is 10.1. The number of nitrogens with two attached hydrogens (primary N) is 1. The van der Waals surface area contributed by atoms with Crippen LogP contribution in [-0.2, 0) is 13.1 Å². The first kappa shape index (κ1) is 21.3. The molecule has 0 aliphatic carbocycles. The summed E-state index contributed by atoms with van der Waals surface area (Å²) in [5, 5.41) is 9.71. The Bertz CT molecular complexity index is 877. The van der Waals surface area contributed by atoms with Gasteiger partial charge in [0.05, 0.1) is 11.2 Å². The second kappa shape index (κ2) is 8.13. The average molecular weight is 397 g/mol. The molecule has 2 aromatic rings. The number of piperazine rings is 1. The molecule has 1 atom stereocenters. The minimum absolute atomic E-state index is 0.168. The molecule has 1 amide bonds. The molecular weight excluding hydrogens is 364 g/mol. The first-order chi connectivity index (χ1) is 13.6. The van der Waals surface area contributed by atoms with Gasteiger partial charge >= 0.3 is 6.09 Å².